The predicted octanol–water partition coefficient (Wildman–Crippen LogP) is 2.15. The summed E-state index contributed by atoms with van der Waals surface area (Å²) >= 11 is 0. The molecule has 1 fully saturated rings. The van der Waals surface area contributed by atoms with E-state index in [1.54, 1.807) is 12.3 Å². The Morgan fingerprint density at radius 3 is 2.63 bits per heavy atom. The van der Waals surface area contributed by atoms with Gasteiger partial charge in [-0.15, -0.1) is 10.2 Å². The number of benzene rings is 1. The van der Waals surface area contributed by atoms with Crippen LogP contribution in [0.3, 0.4) is 0 Å². The number of carbonyl (C=O) groups excluding carboxylic acids is 4. The van der Waals surface area contributed by atoms with Gasteiger partial charge in [0.15, 0.2) is 5.82 Å². The van der Waals surface area contributed by atoms with Crippen LogP contribution in [0.25, 0.3) is 0 Å². The molecule has 2 atom stereocenters. The summed E-state index contributed by atoms with van der Waals surface area (Å²) < 4.78 is 5.42. The Morgan fingerprint density at radius 1 is 1.05 bits per heavy atom. The van der Waals surface area contributed by atoms with Gasteiger partial charge in [0.2, 0.25) is 11.8 Å². The van der Waals surface area contributed by atoms with E-state index in [-0.39, 0.29) is 44.2 Å². The lowest BCUT2D eigenvalue weighted by Crippen LogP contribution is -2.55. The third-order valence-corrected chi connectivity index (χ3v) is 7.88. The van der Waals surface area contributed by atoms with Crippen LogP contribution in [0.4, 0.5) is 5.82 Å². The van der Waals surface area contributed by atoms with Crippen molar-refractivity contribution in [1.82, 2.24) is 36.2 Å². The lowest BCUT2D eigenvalue weighted by molar-refractivity contribution is -0.145. The zero-order valence-corrected chi connectivity index (χ0v) is 23.9. The number of aromatic nitrogens is 5. The van der Waals surface area contributed by atoms with E-state index in [4.69, 9.17) is 4.74 Å². The van der Waals surface area contributed by atoms with Gasteiger partial charge in [-0.3, -0.25) is 24.1 Å². The molecular formula is C30H36N8O5. The Balaban J connectivity index is 1.30. The number of ether oxygens (including phenoxy) is 1. The molecule has 3 amide bonds. The summed E-state index contributed by atoms with van der Waals surface area (Å²) in [5.74, 6) is -0.764. The number of tetrazole rings is 1. The molecule has 1 aliphatic heterocycles. The molecule has 226 valence electrons. The van der Waals surface area contributed by atoms with E-state index in [9.17, 15) is 19.2 Å². The molecule has 0 unspecified atom stereocenters. The number of hydrogen-bond donors (Lipinski definition) is 3. The number of fused-ring (bicyclic) bond motifs is 1. The van der Waals surface area contributed by atoms with Crippen LogP contribution in [0, 0.1) is 5.92 Å². The molecule has 0 radical (unpaired) electrons. The number of H-pyrrole nitrogens is 1. The second-order valence-corrected chi connectivity index (χ2v) is 11.0. The van der Waals surface area contributed by atoms with Gasteiger partial charge in [0.1, 0.15) is 24.5 Å². The summed E-state index contributed by atoms with van der Waals surface area (Å²) in [6.45, 7) is 0.130. The van der Waals surface area contributed by atoms with Crippen molar-refractivity contribution in [2.75, 3.05) is 4.90 Å². The van der Waals surface area contributed by atoms with E-state index in [2.05, 4.69) is 36.2 Å². The first-order valence-electron chi connectivity index (χ1n) is 14.7. The minimum absolute atomic E-state index is 0.0126. The number of nitrogens with one attached hydrogen (secondary N) is 3. The molecule has 3 N–H and O–H groups in total. The van der Waals surface area contributed by atoms with Crippen LogP contribution in [0.15, 0.2) is 48.7 Å². The van der Waals surface area contributed by atoms with Crippen molar-refractivity contribution in [3.05, 3.63) is 65.6 Å². The number of esters is 1. The predicted molar refractivity (Wildman–Crippen MR) is 154 cm³/mol. The highest BCUT2D eigenvalue weighted by molar-refractivity contribution is 6.06. The SMILES string of the molecule is O=C(CC1CCCCC1)N[C@@H](CCC(=O)OCc1ccccc1)C(=O)N1c2ncccc2C[C@H]1C(=O)NCc1nn[nH]n1. The molecule has 13 heteroatoms. The first kappa shape index (κ1) is 29.8. The molecule has 13 nitrogen and oxygen atoms in total. The first-order chi connectivity index (χ1) is 21.0. The zero-order valence-electron chi connectivity index (χ0n) is 23.9. The number of nitrogens with zero attached hydrogens (tertiary/aromatic N) is 5. The van der Waals surface area contributed by atoms with E-state index in [1.807, 2.05) is 36.4 Å². The van der Waals surface area contributed by atoms with Gasteiger partial charge in [-0.2, -0.15) is 5.21 Å². The minimum atomic E-state index is -1.05. The molecular weight excluding hydrogens is 552 g/mol. The second-order valence-electron chi connectivity index (χ2n) is 11.0. The van der Waals surface area contributed by atoms with Crippen molar-refractivity contribution >= 4 is 29.5 Å². The third-order valence-electron chi connectivity index (χ3n) is 7.88. The largest absolute Gasteiger partial charge is 0.461 e. The average molecular weight is 589 g/mol. The molecule has 2 aliphatic rings. The van der Waals surface area contributed by atoms with Gasteiger partial charge in [-0.25, -0.2) is 4.98 Å². The van der Waals surface area contributed by atoms with Gasteiger partial charge >= 0.3 is 5.97 Å². The summed E-state index contributed by atoms with van der Waals surface area (Å²) in [5, 5.41) is 19.2. The third kappa shape index (κ3) is 7.99. The highest BCUT2D eigenvalue weighted by Crippen LogP contribution is 2.31. The fourth-order valence-corrected chi connectivity index (χ4v) is 5.67. The molecule has 1 aliphatic carbocycles. The van der Waals surface area contributed by atoms with Crippen molar-refractivity contribution < 1.29 is 23.9 Å². The fourth-order valence-electron chi connectivity index (χ4n) is 5.67. The number of amides is 3. The van der Waals surface area contributed by atoms with E-state index < -0.39 is 29.9 Å². The summed E-state index contributed by atoms with van der Waals surface area (Å²) in [7, 11) is 0. The Morgan fingerprint density at radius 2 is 1.86 bits per heavy atom. The highest BCUT2D eigenvalue weighted by atomic mass is 16.5. The van der Waals surface area contributed by atoms with E-state index in [1.165, 1.54) is 11.3 Å². The number of rotatable bonds is 12. The first-order valence-corrected chi connectivity index (χ1v) is 14.7. The Labute approximate surface area is 249 Å². The molecule has 1 aromatic carbocycles. The van der Waals surface area contributed by atoms with Crippen molar-refractivity contribution in [3.63, 3.8) is 0 Å². The normalized spacial score (nSPS) is 17.1. The second kappa shape index (κ2) is 14.5. The summed E-state index contributed by atoms with van der Waals surface area (Å²) in [4.78, 5) is 59.1. The van der Waals surface area contributed by atoms with E-state index >= 15 is 0 Å². The standard InChI is InChI=1S/C30H36N8O5/c39-26(16-20-8-3-1-4-9-20)33-23(13-14-27(40)43-19-21-10-5-2-6-11-21)30(42)38-24(17-22-12-7-15-31-28(22)38)29(41)32-18-25-34-36-37-35-25/h2,5-7,10-12,15,20,23-24H,1,3-4,8-9,13-14,16-19H2,(H,32,41)(H,33,39)(H,34,35,36,37)/t23-,24-/m0/s1. The molecule has 0 saturated heterocycles. The molecule has 0 bridgehead atoms. The number of aromatic amines is 1. The smallest absolute Gasteiger partial charge is 0.306 e. The summed E-state index contributed by atoms with van der Waals surface area (Å²) in [5.41, 5.74) is 1.57. The topological polar surface area (TPSA) is 172 Å². The van der Waals surface area contributed by atoms with Gasteiger partial charge in [0, 0.05) is 25.5 Å². The van der Waals surface area contributed by atoms with Crippen molar-refractivity contribution in [2.24, 2.45) is 5.92 Å². The molecule has 0 spiro atoms. The molecule has 2 aromatic heterocycles. The number of hydrogen-bond acceptors (Lipinski definition) is 9. The van der Waals surface area contributed by atoms with Crippen molar-refractivity contribution in [3.8, 4) is 0 Å². The molecule has 43 heavy (non-hydrogen) atoms. The van der Waals surface area contributed by atoms with Crippen LogP contribution in [0.5, 0.6) is 0 Å². The van der Waals surface area contributed by atoms with Gasteiger partial charge < -0.3 is 15.4 Å². The van der Waals surface area contributed by atoms with Gasteiger partial charge in [-0.1, -0.05) is 60.9 Å². The maximum atomic E-state index is 14.2. The summed E-state index contributed by atoms with van der Waals surface area (Å²) in [6.07, 6.45) is 7.32. The molecule has 1 saturated carbocycles. The molecule has 3 heterocycles. The van der Waals surface area contributed by atoms with Crippen molar-refractivity contribution in [2.45, 2.75) is 83.0 Å². The van der Waals surface area contributed by atoms with E-state index in [0.717, 1.165) is 36.8 Å². The maximum absolute atomic E-state index is 14.2. The highest BCUT2D eigenvalue weighted by Gasteiger charge is 2.42. The Kier molecular flexibility index (Phi) is 10.0. The van der Waals surface area contributed by atoms with Crippen LogP contribution in [-0.4, -0.2) is 61.4 Å². The fraction of sp³-hybridized carbons (Fsp3) is 0.467. The van der Waals surface area contributed by atoms with Crippen LogP contribution < -0.4 is 15.5 Å². The molecule has 3 aromatic rings. The molecule has 5 rings (SSSR count). The quantitative estimate of drug-likeness (QED) is 0.268. The van der Waals surface area contributed by atoms with Crippen LogP contribution in [0.1, 0.15) is 68.3 Å². The van der Waals surface area contributed by atoms with Crippen molar-refractivity contribution in [1.29, 1.82) is 0 Å². The zero-order chi connectivity index (χ0) is 30.0. The van der Waals surface area contributed by atoms with Gasteiger partial charge in [0.05, 0.1) is 6.54 Å². The Hall–Kier alpha value is -4.68. The van der Waals surface area contributed by atoms with Crippen LogP contribution in [0.2, 0.25) is 0 Å². The number of pyridine rings is 1. The van der Waals surface area contributed by atoms with Crippen LogP contribution >= 0.6 is 0 Å². The average Bonchev–Trinajstić information content (AvgIpc) is 3.70. The van der Waals surface area contributed by atoms with Gasteiger partial charge in [0.25, 0.3) is 5.91 Å². The monoisotopic (exact) mass is 588 g/mol. The lowest BCUT2D eigenvalue weighted by Gasteiger charge is -2.29. The minimum Gasteiger partial charge on any atom is -0.461 e. The maximum Gasteiger partial charge on any atom is 0.306 e. The van der Waals surface area contributed by atoms with Crippen LogP contribution in [-0.2, 0) is 43.5 Å². The van der Waals surface area contributed by atoms with E-state index in [0.29, 0.717) is 18.1 Å². The number of anilines is 1. The van der Waals surface area contributed by atoms with Gasteiger partial charge in [-0.05, 0) is 42.4 Å². The Bertz CT molecular complexity index is 1390. The lowest BCUT2D eigenvalue weighted by atomic mass is 9.87. The summed E-state index contributed by atoms with van der Waals surface area (Å²) in [6, 6.07) is 10.9. The number of carbonyl (C=O) groups is 4.